The lowest BCUT2D eigenvalue weighted by Crippen LogP contribution is -2.17. The number of thioether (sulfide) groups is 1. The van der Waals surface area contributed by atoms with E-state index in [9.17, 15) is 9.90 Å². The average Bonchev–Trinajstić information content (AvgIpc) is 2.62. The molecule has 2 aromatic rings. The number of aliphatic carboxylic acids is 1. The van der Waals surface area contributed by atoms with Gasteiger partial charge in [-0.05, 0) is 54.7 Å². The minimum atomic E-state index is -0.684. The minimum Gasteiger partial charge on any atom is -0.480 e. The van der Waals surface area contributed by atoms with Crippen molar-refractivity contribution in [3.63, 3.8) is 0 Å². The zero-order valence-corrected chi connectivity index (χ0v) is 15.9. The molecule has 1 atom stereocenters. The van der Waals surface area contributed by atoms with E-state index in [4.69, 9.17) is 11.6 Å². The summed E-state index contributed by atoms with van der Waals surface area (Å²) in [4.78, 5) is 11.4. The summed E-state index contributed by atoms with van der Waals surface area (Å²) < 4.78 is 0. The largest absolute Gasteiger partial charge is 0.480 e. The van der Waals surface area contributed by atoms with Gasteiger partial charge in [-0.15, -0.1) is 11.8 Å². The Labute approximate surface area is 159 Å². The second-order valence-corrected chi connectivity index (χ2v) is 7.91. The Bertz CT molecular complexity index is 628. The third-order valence-corrected chi connectivity index (χ3v) is 5.70. The van der Waals surface area contributed by atoms with Crippen LogP contribution in [0.1, 0.15) is 36.8 Å². The molecule has 0 heterocycles. The maximum absolute atomic E-state index is 11.4. The molecule has 2 rings (SSSR count). The number of hydrogen-bond acceptors (Lipinski definition) is 2. The van der Waals surface area contributed by atoms with Crippen molar-refractivity contribution < 1.29 is 9.90 Å². The fourth-order valence-corrected chi connectivity index (χ4v) is 3.97. The Balaban J connectivity index is 1.62. The monoisotopic (exact) mass is 376 g/mol. The predicted octanol–water partition coefficient (Wildman–Crippen LogP) is 5.87. The predicted molar refractivity (Wildman–Crippen MR) is 108 cm³/mol. The summed E-state index contributed by atoms with van der Waals surface area (Å²) in [6.45, 7) is 0. The molecule has 0 saturated carbocycles. The van der Waals surface area contributed by atoms with E-state index in [1.54, 1.807) is 11.8 Å². The second kappa shape index (κ2) is 11.2. The van der Waals surface area contributed by atoms with Crippen LogP contribution in [-0.4, -0.2) is 22.1 Å². The van der Waals surface area contributed by atoms with Gasteiger partial charge in [-0.1, -0.05) is 66.9 Å². The molecule has 0 bridgehead atoms. The topological polar surface area (TPSA) is 37.3 Å². The van der Waals surface area contributed by atoms with Crippen molar-refractivity contribution in [2.24, 2.45) is 0 Å². The molecule has 1 N–H and O–H groups in total. The molecule has 25 heavy (non-hydrogen) atoms. The van der Waals surface area contributed by atoms with Crippen molar-refractivity contribution in [3.8, 4) is 0 Å². The first-order valence-electron chi connectivity index (χ1n) is 8.78. The molecule has 0 radical (unpaired) electrons. The molecule has 4 heteroatoms. The van der Waals surface area contributed by atoms with Crippen LogP contribution in [-0.2, 0) is 17.6 Å². The molecule has 2 nitrogen and oxygen atoms in total. The second-order valence-electron chi connectivity index (χ2n) is 6.16. The Morgan fingerprint density at radius 3 is 2.28 bits per heavy atom. The normalized spacial score (nSPS) is 12.0. The third-order valence-electron chi connectivity index (χ3n) is 4.17. The number of hydrogen-bond donors (Lipinski definition) is 1. The van der Waals surface area contributed by atoms with Gasteiger partial charge >= 0.3 is 5.97 Å². The molecule has 0 fully saturated rings. The Morgan fingerprint density at radius 2 is 1.60 bits per heavy atom. The van der Waals surface area contributed by atoms with Gasteiger partial charge in [0.25, 0.3) is 0 Å². The number of carbonyl (C=O) groups is 1. The summed E-state index contributed by atoms with van der Waals surface area (Å²) in [5.41, 5.74) is 2.55. The van der Waals surface area contributed by atoms with E-state index in [0.29, 0.717) is 0 Å². The molecule has 0 aliphatic heterocycles. The molecule has 0 aromatic heterocycles. The zero-order valence-electron chi connectivity index (χ0n) is 14.4. The lowest BCUT2D eigenvalue weighted by Gasteiger charge is -2.12. The summed E-state index contributed by atoms with van der Waals surface area (Å²) in [5.74, 6) is 0.168. The number of unbranched alkanes of at least 4 members (excludes halogenated alkanes) is 2. The first kappa shape index (κ1) is 19.9. The number of benzene rings is 2. The van der Waals surface area contributed by atoms with Gasteiger partial charge in [-0.2, -0.15) is 0 Å². The summed E-state index contributed by atoms with van der Waals surface area (Å²) in [6, 6.07) is 18.2. The molecule has 0 saturated heterocycles. The van der Waals surface area contributed by atoms with Crippen LogP contribution in [0, 0.1) is 0 Å². The van der Waals surface area contributed by atoms with Crippen LogP contribution in [0.5, 0.6) is 0 Å². The number of halogens is 1. The molecular formula is C21H25ClO2S. The highest BCUT2D eigenvalue weighted by molar-refractivity contribution is 8.00. The standard InChI is InChI=1S/C21H25ClO2S/c22-19-13-11-18(12-14-19)9-5-2-6-10-20(21(23)24)25-16-15-17-7-3-1-4-8-17/h1,3-4,7-8,11-14,20H,2,5-6,9-10,15-16H2,(H,23,24). The van der Waals surface area contributed by atoms with E-state index < -0.39 is 5.97 Å². The highest BCUT2D eigenvalue weighted by Gasteiger charge is 2.17. The molecule has 0 amide bonds. The van der Waals surface area contributed by atoms with Crippen molar-refractivity contribution in [3.05, 3.63) is 70.7 Å². The van der Waals surface area contributed by atoms with Crippen molar-refractivity contribution >= 4 is 29.3 Å². The quantitative estimate of drug-likeness (QED) is 0.498. The molecular weight excluding hydrogens is 352 g/mol. The van der Waals surface area contributed by atoms with Crippen molar-refractivity contribution in [2.75, 3.05) is 5.75 Å². The lowest BCUT2D eigenvalue weighted by molar-refractivity contribution is -0.136. The average molecular weight is 377 g/mol. The Kier molecular flexibility index (Phi) is 8.92. The van der Waals surface area contributed by atoms with E-state index in [1.165, 1.54) is 11.1 Å². The van der Waals surface area contributed by atoms with E-state index in [2.05, 4.69) is 24.3 Å². The van der Waals surface area contributed by atoms with Gasteiger partial charge in [-0.25, -0.2) is 0 Å². The van der Waals surface area contributed by atoms with Gasteiger partial charge < -0.3 is 5.11 Å². The zero-order chi connectivity index (χ0) is 17.9. The van der Waals surface area contributed by atoms with E-state index >= 15 is 0 Å². The van der Waals surface area contributed by atoms with Crippen LogP contribution in [0.25, 0.3) is 0 Å². The number of carboxylic acid groups (broad SMARTS) is 1. The summed E-state index contributed by atoms with van der Waals surface area (Å²) >= 11 is 7.45. The van der Waals surface area contributed by atoms with Crippen LogP contribution in [0.4, 0.5) is 0 Å². The molecule has 2 aromatic carbocycles. The minimum absolute atomic E-state index is 0.292. The SMILES string of the molecule is O=C(O)C(CCCCCc1ccc(Cl)cc1)SCCc1ccccc1. The maximum Gasteiger partial charge on any atom is 0.316 e. The first-order valence-corrected chi connectivity index (χ1v) is 10.2. The summed E-state index contributed by atoms with van der Waals surface area (Å²) in [7, 11) is 0. The van der Waals surface area contributed by atoms with Crippen LogP contribution >= 0.6 is 23.4 Å². The van der Waals surface area contributed by atoms with Gasteiger partial charge in [0, 0.05) is 5.02 Å². The maximum atomic E-state index is 11.4. The number of aryl methyl sites for hydroxylation is 2. The summed E-state index contributed by atoms with van der Waals surface area (Å²) in [6.07, 6.45) is 5.80. The van der Waals surface area contributed by atoms with Crippen molar-refractivity contribution in [1.29, 1.82) is 0 Å². The van der Waals surface area contributed by atoms with E-state index in [-0.39, 0.29) is 5.25 Å². The molecule has 0 aliphatic rings. The molecule has 1 unspecified atom stereocenters. The third kappa shape index (κ3) is 7.98. The van der Waals surface area contributed by atoms with Crippen LogP contribution in [0.2, 0.25) is 5.02 Å². The molecule has 0 aliphatic carbocycles. The van der Waals surface area contributed by atoms with Gasteiger partial charge in [0.15, 0.2) is 0 Å². The van der Waals surface area contributed by atoms with Crippen LogP contribution in [0.15, 0.2) is 54.6 Å². The number of rotatable bonds is 11. The molecule has 0 spiro atoms. The Hall–Kier alpha value is -1.45. The van der Waals surface area contributed by atoms with Crippen LogP contribution < -0.4 is 0 Å². The fraction of sp³-hybridized carbons (Fsp3) is 0.381. The fourth-order valence-electron chi connectivity index (χ4n) is 2.73. The van der Waals surface area contributed by atoms with Gasteiger partial charge in [0.2, 0.25) is 0 Å². The smallest absolute Gasteiger partial charge is 0.316 e. The highest BCUT2D eigenvalue weighted by Crippen LogP contribution is 2.20. The van der Waals surface area contributed by atoms with Gasteiger partial charge in [0.05, 0.1) is 0 Å². The summed E-state index contributed by atoms with van der Waals surface area (Å²) in [5, 5.41) is 9.87. The van der Waals surface area contributed by atoms with Crippen LogP contribution in [0.3, 0.4) is 0 Å². The Morgan fingerprint density at radius 1 is 0.920 bits per heavy atom. The lowest BCUT2D eigenvalue weighted by atomic mass is 10.1. The number of carboxylic acids is 1. The van der Waals surface area contributed by atoms with Gasteiger partial charge in [-0.3, -0.25) is 4.79 Å². The van der Waals surface area contributed by atoms with E-state index in [1.807, 2.05) is 30.3 Å². The van der Waals surface area contributed by atoms with Crippen molar-refractivity contribution in [1.82, 2.24) is 0 Å². The van der Waals surface area contributed by atoms with E-state index in [0.717, 1.165) is 49.3 Å². The molecule has 134 valence electrons. The van der Waals surface area contributed by atoms with Gasteiger partial charge in [0.1, 0.15) is 5.25 Å². The first-order chi connectivity index (χ1) is 12.1. The highest BCUT2D eigenvalue weighted by atomic mass is 35.5. The van der Waals surface area contributed by atoms with Crippen molar-refractivity contribution in [2.45, 2.75) is 43.8 Å².